The van der Waals surface area contributed by atoms with Crippen molar-refractivity contribution < 1.29 is 14.7 Å². The fourth-order valence-electron chi connectivity index (χ4n) is 4.74. The van der Waals surface area contributed by atoms with Crippen molar-refractivity contribution in [2.75, 3.05) is 0 Å². The highest BCUT2D eigenvalue weighted by Gasteiger charge is 2.09. The zero-order valence-electron chi connectivity index (χ0n) is 23.2. The molecule has 3 nitrogen and oxygen atoms in total. The van der Waals surface area contributed by atoms with Gasteiger partial charge in [0.1, 0.15) is 11.6 Å². The fourth-order valence-corrected chi connectivity index (χ4v) is 4.74. The maximum Gasteiger partial charge on any atom is 0.140 e. The van der Waals surface area contributed by atoms with Crippen LogP contribution in [0.15, 0.2) is 0 Å². The largest absolute Gasteiger partial charge is 0.393 e. The van der Waals surface area contributed by atoms with E-state index in [9.17, 15) is 14.7 Å². The van der Waals surface area contributed by atoms with E-state index in [1.165, 1.54) is 89.9 Å². The Bertz CT molecular complexity index is 446. The second-order valence-electron chi connectivity index (χ2n) is 10.7. The molecular formula is C31H60O3. The monoisotopic (exact) mass is 480 g/mol. The molecular weight excluding hydrogens is 420 g/mol. The Morgan fingerprint density at radius 1 is 0.471 bits per heavy atom. The van der Waals surface area contributed by atoms with Crippen molar-refractivity contribution in [2.45, 2.75) is 187 Å². The summed E-state index contributed by atoms with van der Waals surface area (Å²) in [6, 6.07) is 0. The van der Waals surface area contributed by atoms with E-state index in [1.807, 2.05) is 0 Å². The first-order valence-electron chi connectivity index (χ1n) is 15.3. The van der Waals surface area contributed by atoms with Gasteiger partial charge in [0.25, 0.3) is 0 Å². The number of rotatable bonds is 28. The van der Waals surface area contributed by atoms with Gasteiger partial charge in [-0.2, -0.15) is 0 Å². The molecule has 0 aromatic heterocycles. The minimum atomic E-state index is -0.152. The number of aliphatic hydroxyl groups excluding tert-OH is 1. The second kappa shape index (κ2) is 26.9. The summed E-state index contributed by atoms with van der Waals surface area (Å²) in [7, 11) is 0. The first kappa shape index (κ1) is 33.3. The molecule has 0 saturated heterocycles. The third-order valence-electron chi connectivity index (χ3n) is 7.09. The third-order valence-corrected chi connectivity index (χ3v) is 7.09. The average molecular weight is 481 g/mol. The highest BCUT2D eigenvalue weighted by atomic mass is 16.3. The van der Waals surface area contributed by atoms with Crippen LogP contribution in [0.2, 0.25) is 0 Å². The molecule has 0 spiro atoms. The van der Waals surface area contributed by atoms with Crippen LogP contribution < -0.4 is 0 Å². The lowest BCUT2D eigenvalue weighted by Crippen LogP contribution is -2.08. The molecule has 0 rings (SSSR count). The van der Waals surface area contributed by atoms with Crippen LogP contribution in [0.3, 0.4) is 0 Å². The topological polar surface area (TPSA) is 54.4 Å². The maximum atomic E-state index is 12.0. The minimum Gasteiger partial charge on any atom is -0.393 e. The van der Waals surface area contributed by atoms with Gasteiger partial charge in [-0.3, -0.25) is 9.59 Å². The predicted molar refractivity (Wildman–Crippen MR) is 147 cm³/mol. The van der Waals surface area contributed by atoms with Crippen LogP contribution in [0.4, 0.5) is 0 Å². The number of ketones is 2. The van der Waals surface area contributed by atoms with Gasteiger partial charge in [-0.25, -0.2) is 0 Å². The number of hydrogen-bond donors (Lipinski definition) is 1. The molecule has 34 heavy (non-hydrogen) atoms. The van der Waals surface area contributed by atoms with E-state index < -0.39 is 0 Å². The van der Waals surface area contributed by atoms with E-state index in [2.05, 4.69) is 13.8 Å². The Kier molecular flexibility index (Phi) is 26.3. The van der Waals surface area contributed by atoms with Gasteiger partial charge in [0.05, 0.1) is 12.5 Å². The van der Waals surface area contributed by atoms with Gasteiger partial charge in [-0.15, -0.1) is 0 Å². The molecule has 202 valence electrons. The predicted octanol–water partition coefficient (Wildman–Crippen LogP) is 9.67. The third kappa shape index (κ3) is 25.9. The smallest absolute Gasteiger partial charge is 0.140 e. The quantitative estimate of drug-likeness (QED) is 0.0895. The van der Waals surface area contributed by atoms with E-state index in [1.54, 1.807) is 0 Å². The molecule has 0 heterocycles. The average Bonchev–Trinajstić information content (AvgIpc) is 2.82. The van der Waals surface area contributed by atoms with Crippen molar-refractivity contribution >= 4 is 11.6 Å². The van der Waals surface area contributed by atoms with Crippen molar-refractivity contribution in [2.24, 2.45) is 0 Å². The zero-order chi connectivity index (χ0) is 25.1. The summed E-state index contributed by atoms with van der Waals surface area (Å²) in [5.41, 5.74) is 0. The van der Waals surface area contributed by atoms with Gasteiger partial charge in [-0.05, 0) is 25.7 Å². The lowest BCUT2D eigenvalue weighted by molar-refractivity contribution is -0.127. The highest BCUT2D eigenvalue weighted by Crippen LogP contribution is 2.15. The van der Waals surface area contributed by atoms with Crippen molar-refractivity contribution in [3.8, 4) is 0 Å². The van der Waals surface area contributed by atoms with E-state index in [4.69, 9.17) is 0 Å². The van der Waals surface area contributed by atoms with Crippen molar-refractivity contribution in [3.05, 3.63) is 0 Å². The molecule has 1 atom stereocenters. The molecule has 0 saturated carbocycles. The van der Waals surface area contributed by atoms with Crippen molar-refractivity contribution in [1.82, 2.24) is 0 Å². The maximum absolute atomic E-state index is 12.0. The zero-order valence-corrected chi connectivity index (χ0v) is 23.2. The lowest BCUT2D eigenvalue weighted by atomic mass is 10.0. The first-order chi connectivity index (χ1) is 16.6. The van der Waals surface area contributed by atoms with E-state index in [0.29, 0.717) is 12.8 Å². The normalized spacial score (nSPS) is 12.2. The van der Waals surface area contributed by atoms with Crippen molar-refractivity contribution in [1.29, 1.82) is 0 Å². The summed E-state index contributed by atoms with van der Waals surface area (Å²) in [4.78, 5) is 24.1. The number of carbonyl (C=O) groups is 2. The summed E-state index contributed by atoms with van der Waals surface area (Å²) >= 11 is 0. The number of aliphatic hydroxyl groups is 1. The Labute approximate surface area is 213 Å². The van der Waals surface area contributed by atoms with Gasteiger partial charge in [0.2, 0.25) is 0 Å². The van der Waals surface area contributed by atoms with Crippen LogP contribution in [0.5, 0.6) is 0 Å². The van der Waals surface area contributed by atoms with E-state index in [-0.39, 0.29) is 24.1 Å². The molecule has 0 amide bonds. The van der Waals surface area contributed by atoms with Crippen LogP contribution in [0.25, 0.3) is 0 Å². The Morgan fingerprint density at radius 2 is 0.765 bits per heavy atom. The second-order valence-corrected chi connectivity index (χ2v) is 10.7. The van der Waals surface area contributed by atoms with E-state index in [0.717, 1.165) is 57.8 Å². The van der Waals surface area contributed by atoms with Gasteiger partial charge in [0.15, 0.2) is 0 Å². The molecule has 0 aliphatic rings. The van der Waals surface area contributed by atoms with Gasteiger partial charge in [-0.1, -0.05) is 136 Å². The van der Waals surface area contributed by atoms with Crippen molar-refractivity contribution in [3.63, 3.8) is 0 Å². The molecule has 1 unspecified atom stereocenters. The lowest BCUT2D eigenvalue weighted by Gasteiger charge is -2.10. The molecule has 0 aromatic carbocycles. The van der Waals surface area contributed by atoms with Crippen LogP contribution in [0.1, 0.15) is 181 Å². The van der Waals surface area contributed by atoms with Gasteiger partial charge in [0, 0.05) is 12.8 Å². The summed E-state index contributed by atoms with van der Waals surface area (Å²) < 4.78 is 0. The van der Waals surface area contributed by atoms with Gasteiger partial charge < -0.3 is 5.11 Å². The molecule has 1 N–H and O–H groups in total. The Hall–Kier alpha value is -0.700. The Balaban J connectivity index is 3.38. The summed E-state index contributed by atoms with van der Waals surface area (Å²) in [5, 5.41) is 9.99. The molecule has 0 bridgehead atoms. The number of carbonyl (C=O) groups excluding carboxylic acids is 2. The molecule has 0 aliphatic heterocycles. The molecule has 0 fully saturated rings. The summed E-state index contributed by atoms with van der Waals surface area (Å²) in [6.07, 6.45) is 28.9. The fraction of sp³-hybridized carbons (Fsp3) is 0.935. The molecule has 0 aliphatic carbocycles. The summed E-state index contributed by atoms with van der Waals surface area (Å²) in [5.74, 6) is 0.259. The van der Waals surface area contributed by atoms with Crippen LogP contribution in [-0.2, 0) is 9.59 Å². The molecule has 0 aromatic rings. The van der Waals surface area contributed by atoms with E-state index >= 15 is 0 Å². The highest BCUT2D eigenvalue weighted by molar-refractivity contribution is 5.98. The summed E-state index contributed by atoms with van der Waals surface area (Å²) in [6.45, 7) is 4.47. The first-order valence-corrected chi connectivity index (χ1v) is 15.3. The number of Topliss-reactive ketones (excluding diaryl/α,β-unsaturated/α-hetero) is 2. The standard InChI is InChI=1S/C31H60O3/c1-3-5-7-9-10-11-12-13-14-15-16-17-22-26-30(33)28-31(34)27-23-19-18-21-25-29(32)24-20-8-6-4-2/h29,32H,3-28H2,1-2H3. The number of unbranched alkanes of at least 4 members (excludes halogenated alkanes) is 18. The minimum absolute atomic E-state index is 0.121. The molecule has 0 radical (unpaired) electrons. The SMILES string of the molecule is CCCCCCCCCCCCCCCC(=O)CC(=O)CCCCCCC(O)CCCCCC. The van der Waals surface area contributed by atoms with Crippen LogP contribution in [-0.4, -0.2) is 22.8 Å². The number of hydrogen-bond acceptors (Lipinski definition) is 3. The molecule has 3 heteroatoms. The van der Waals surface area contributed by atoms with Crippen LogP contribution >= 0.6 is 0 Å². The van der Waals surface area contributed by atoms with Crippen LogP contribution in [0, 0.1) is 0 Å². The Morgan fingerprint density at radius 3 is 1.15 bits per heavy atom. The van der Waals surface area contributed by atoms with Gasteiger partial charge >= 0.3 is 0 Å².